The molecule has 124 valence electrons. The van der Waals surface area contributed by atoms with Gasteiger partial charge >= 0.3 is 0 Å². The molecule has 0 bridgehead atoms. The summed E-state index contributed by atoms with van der Waals surface area (Å²) in [6, 6.07) is 7.54. The van der Waals surface area contributed by atoms with Crippen LogP contribution in [0.3, 0.4) is 0 Å². The van der Waals surface area contributed by atoms with Gasteiger partial charge in [-0.1, -0.05) is 41.0 Å². The molecule has 3 aromatic rings. The molecule has 1 aromatic carbocycles. The van der Waals surface area contributed by atoms with Crippen molar-refractivity contribution in [2.75, 3.05) is 11.1 Å². The van der Waals surface area contributed by atoms with Crippen LogP contribution in [0.15, 0.2) is 29.4 Å². The number of benzene rings is 1. The van der Waals surface area contributed by atoms with Crippen molar-refractivity contribution in [3.05, 3.63) is 45.6 Å². The highest BCUT2D eigenvalue weighted by Crippen LogP contribution is 2.26. The standard InChI is InChI=1S/C16H14Cl2N4OS/c1-8-3-4-12-13(5-8)21-16(20-12)24-7-14(23)22-15-11(18)6-10(17)9(2)19-15/h3-6H,7H2,1-2H3,(H,20,21)(H,19,22,23). The van der Waals surface area contributed by atoms with Crippen molar-refractivity contribution in [2.45, 2.75) is 19.0 Å². The Morgan fingerprint density at radius 1 is 1.21 bits per heavy atom. The van der Waals surface area contributed by atoms with Crippen LogP contribution in [-0.2, 0) is 4.79 Å². The van der Waals surface area contributed by atoms with E-state index in [2.05, 4.69) is 20.3 Å². The van der Waals surface area contributed by atoms with Crippen molar-refractivity contribution < 1.29 is 4.79 Å². The summed E-state index contributed by atoms with van der Waals surface area (Å²) in [6.45, 7) is 3.77. The zero-order valence-electron chi connectivity index (χ0n) is 13.0. The second kappa shape index (κ2) is 7.01. The normalized spacial score (nSPS) is 11.0. The molecule has 3 rings (SSSR count). The smallest absolute Gasteiger partial charge is 0.236 e. The number of halogens is 2. The quantitative estimate of drug-likeness (QED) is 0.648. The summed E-state index contributed by atoms with van der Waals surface area (Å²) in [5, 5.41) is 4.15. The number of thioether (sulfide) groups is 1. The number of carbonyl (C=O) groups is 1. The largest absolute Gasteiger partial charge is 0.333 e. The SMILES string of the molecule is Cc1ccc2nc(SCC(=O)Nc3nc(C)c(Cl)cc3Cl)[nH]c2c1. The van der Waals surface area contributed by atoms with Gasteiger partial charge in [0.25, 0.3) is 0 Å². The van der Waals surface area contributed by atoms with Gasteiger partial charge in [0.2, 0.25) is 5.91 Å². The van der Waals surface area contributed by atoms with E-state index in [9.17, 15) is 4.79 Å². The maximum absolute atomic E-state index is 12.1. The molecule has 0 spiro atoms. The van der Waals surface area contributed by atoms with E-state index in [1.807, 2.05) is 25.1 Å². The molecule has 0 aliphatic carbocycles. The molecule has 8 heteroatoms. The number of aromatic amines is 1. The fourth-order valence-corrected chi connectivity index (χ4v) is 3.21. The zero-order valence-corrected chi connectivity index (χ0v) is 15.3. The van der Waals surface area contributed by atoms with Crippen molar-refractivity contribution in [2.24, 2.45) is 0 Å². The fourth-order valence-electron chi connectivity index (χ4n) is 2.12. The van der Waals surface area contributed by atoms with Crippen molar-refractivity contribution in [3.8, 4) is 0 Å². The number of nitrogens with one attached hydrogen (secondary N) is 2. The number of aromatic nitrogens is 3. The Morgan fingerprint density at radius 2 is 2.00 bits per heavy atom. The first-order valence-corrected chi connectivity index (χ1v) is 8.88. The van der Waals surface area contributed by atoms with E-state index in [0.717, 1.165) is 16.6 Å². The number of rotatable bonds is 4. The maximum atomic E-state index is 12.1. The molecule has 24 heavy (non-hydrogen) atoms. The van der Waals surface area contributed by atoms with E-state index in [1.165, 1.54) is 11.8 Å². The molecule has 5 nitrogen and oxygen atoms in total. The second-order valence-electron chi connectivity index (χ2n) is 5.29. The monoisotopic (exact) mass is 380 g/mol. The van der Waals surface area contributed by atoms with E-state index in [0.29, 0.717) is 26.7 Å². The van der Waals surface area contributed by atoms with Crippen LogP contribution in [0.2, 0.25) is 10.0 Å². The summed E-state index contributed by atoms with van der Waals surface area (Å²) in [7, 11) is 0. The fraction of sp³-hybridized carbons (Fsp3) is 0.188. The number of amides is 1. The lowest BCUT2D eigenvalue weighted by atomic mass is 10.2. The van der Waals surface area contributed by atoms with Gasteiger partial charge in [-0.2, -0.15) is 0 Å². The Labute approximate surface area is 153 Å². The van der Waals surface area contributed by atoms with Gasteiger partial charge in [0.1, 0.15) is 0 Å². The predicted octanol–water partition coefficient (Wildman–Crippen LogP) is 4.61. The number of imidazole rings is 1. The topological polar surface area (TPSA) is 70.7 Å². The predicted molar refractivity (Wildman–Crippen MR) is 99.2 cm³/mol. The molecule has 1 amide bonds. The molecule has 2 N–H and O–H groups in total. The second-order valence-corrected chi connectivity index (χ2v) is 7.06. The average molecular weight is 381 g/mol. The number of hydrogen-bond acceptors (Lipinski definition) is 4. The number of nitrogens with zero attached hydrogens (tertiary/aromatic N) is 2. The van der Waals surface area contributed by atoms with E-state index in [1.54, 1.807) is 13.0 Å². The van der Waals surface area contributed by atoms with E-state index < -0.39 is 0 Å². The Balaban J connectivity index is 1.65. The number of hydrogen-bond donors (Lipinski definition) is 2. The lowest BCUT2D eigenvalue weighted by molar-refractivity contribution is -0.113. The van der Waals surface area contributed by atoms with Crippen LogP contribution in [0, 0.1) is 13.8 Å². The number of fused-ring (bicyclic) bond motifs is 1. The van der Waals surface area contributed by atoms with E-state index in [-0.39, 0.29) is 11.7 Å². The molecule has 0 atom stereocenters. The summed E-state index contributed by atoms with van der Waals surface area (Å²) in [5.74, 6) is 0.288. The van der Waals surface area contributed by atoms with Gasteiger partial charge in [-0.3, -0.25) is 4.79 Å². The van der Waals surface area contributed by atoms with E-state index >= 15 is 0 Å². The third-order valence-electron chi connectivity index (χ3n) is 3.32. The lowest BCUT2D eigenvalue weighted by Gasteiger charge is -2.07. The lowest BCUT2D eigenvalue weighted by Crippen LogP contribution is -2.15. The summed E-state index contributed by atoms with van der Waals surface area (Å²) < 4.78 is 0. The minimum absolute atomic E-state index is 0.193. The average Bonchev–Trinajstić information content (AvgIpc) is 2.92. The molecular formula is C16H14Cl2N4OS. The molecule has 0 aliphatic heterocycles. The Hall–Kier alpha value is -1.76. The third-order valence-corrected chi connectivity index (χ3v) is 4.86. The van der Waals surface area contributed by atoms with Crippen LogP contribution in [0.5, 0.6) is 0 Å². The molecule has 0 saturated carbocycles. The first-order chi connectivity index (χ1) is 11.4. The minimum atomic E-state index is -0.215. The molecule has 0 saturated heterocycles. The van der Waals surface area contributed by atoms with Gasteiger partial charge in [0.05, 0.1) is 32.5 Å². The summed E-state index contributed by atoms with van der Waals surface area (Å²) in [6.07, 6.45) is 0. The number of anilines is 1. The number of H-pyrrole nitrogens is 1. The highest BCUT2D eigenvalue weighted by Gasteiger charge is 2.12. The van der Waals surface area contributed by atoms with Crippen molar-refractivity contribution in [3.63, 3.8) is 0 Å². The molecule has 0 radical (unpaired) electrons. The van der Waals surface area contributed by atoms with Crippen LogP contribution in [0.4, 0.5) is 5.82 Å². The minimum Gasteiger partial charge on any atom is -0.333 e. The van der Waals surface area contributed by atoms with Gasteiger partial charge in [0.15, 0.2) is 11.0 Å². The third kappa shape index (κ3) is 3.83. The molecule has 2 aromatic heterocycles. The van der Waals surface area contributed by atoms with Gasteiger partial charge in [-0.05, 0) is 37.6 Å². The number of aryl methyl sites for hydroxylation is 2. The van der Waals surface area contributed by atoms with Crippen LogP contribution >= 0.6 is 35.0 Å². The first kappa shape index (κ1) is 17.1. The summed E-state index contributed by atoms with van der Waals surface area (Å²) >= 11 is 13.3. The van der Waals surface area contributed by atoms with Crippen LogP contribution in [0.1, 0.15) is 11.3 Å². The summed E-state index contributed by atoms with van der Waals surface area (Å²) in [5.41, 5.74) is 3.59. The molecule has 0 unspecified atom stereocenters. The van der Waals surface area contributed by atoms with Gasteiger partial charge in [-0.15, -0.1) is 0 Å². The molecule has 0 fully saturated rings. The van der Waals surface area contributed by atoms with Gasteiger partial charge in [-0.25, -0.2) is 9.97 Å². The van der Waals surface area contributed by atoms with Crippen LogP contribution in [0.25, 0.3) is 11.0 Å². The number of carbonyl (C=O) groups excluding carboxylic acids is 1. The number of pyridine rings is 1. The van der Waals surface area contributed by atoms with Gasteiger partial charge < -0.3 is 10.3 Å². The Bertz CT molecular complexity index is 926. The van der Waals surface area contributed by atoms with Crippen LogP contribution in [-0.4, -0.2) is 26.6 Å². The van der Waals surface area contributed by atoms with Gasteiger partial charge in [0, 0.05) is 0 Å². The Morgan fingerprint density at radius 3 is 2.79 bits per heavy atom. The highest BCUT2D eigenvalue weighted by atomic mass is 35.5. The van der Waals surface area contributed by atoms with Crippen molar-refractivity contribution in [1.29, 1.82) is 0 Å². The first-order valence-electron chi connectivity index (χ1n) is 7.14. The van der Waals surface area contributed by atoms with Crippen LogP contribution < -0.4 is 5.32 Å². The maximum Gasteiger partial charge on any atom is 0.236 e. The molecule has 0 aliphatic rings. The molecular weight excluding hydrogens is 367 g/mol. The summed E-state index contributed by atoms with van der Waals surface area (Å²) in [4.78, 5) is 23.9. The Kier molecular flexibility index (Phi) is 4.99. The van der Waals surface area contributed by atoms with Crippen molar-refractivity contribution >= 4 is 57.7 Å². The van der Waals surface area contributed by atoms with Crippen molar-refractivity contribution in [1.82, 2.24) is 15.0 Å². The highest BCUT2D eigenvalue weighted by molar-refractivity contribution is 7.99. The molecule has 2 heterocycles. The zero-order chi connectivity index (χ0) is 17.3. The van der Waals surface area contributed by atoms with E-state index in [4.69, 9.17) is 23.2 Å².